The summed E-state index contributed by atoms with van der Waals surface area (Å²) in [5.74, 6) is 0.261. The molecule has 23 heavy (non-hydrogen) atoms. The highest BCUT2D eigenvalue weighted by Gasteiger charge is 2.05. The summed E-state index contributed by atoms with van der Waals surface area (Å²) in [6.45, 7) is 2.07. The molecule has 0 bridgehead atoms. The maximum absolute atomic E-state index is 9.11. The van der Waals surface area contributed by atoms with E-state index in [0.717, 1.165) is 11.3 Å². The van der Waals surface area contributed by atoms with Crippen molar-refractivity contribution >= 4 is 11.3 Å². The van der Waals surface area contributed by atoms with E-state index in [9.17, 15) is 0 Å². The minimum Gasteiger partial charge on any atom is -0.360 e. The van der Waals surface area contributed by atoms with Crippen LogP contribution in [0.3, 0.4) is 0 Å². The van der Waals surface area contributed by atoms with Crippen LogP contribution in [0.15, 0.2) is 54.7 Å². The Morgan fingerprint density at radius 1 is 1.17 bits per heavy atom. The highest BCUT2D eigenvalue weighted by atomic mass is 15.5. The van der Waals surface area contributed by atoms with E-state index in [-0.39, 0.29) is 5.82 Å². The predicted octanol–water partition coefficient (Wildman–Crippen LogP) is 3.15. The van der Waals surface area contributed by atoms with E-state index in [1.165, 1.54) is 11.1 Å². The molecule has 6 heteroatoms. The number of aryl methyl sites for hydroxylation is 1. The average molecular weight is 302 g/mol. The number of benzene rings is 2. The molecule has 1 heterocycles. The Bertz CT molecular complexity index is 857. The Morgan fingerprint density at radius 3 is 2.65 bits per heavy atom. The van der Waals surface area contributed by atoms with Crippen molar-refractivity contribution in [2.24, 2.45) is 0 Å². The Labute approximate surface area is 133 Å². The van der Waals surface area contributed by atoms with Gasteiger partial charge in [-0.2, -0.15) is 10.5 Å². The van der Waals surface area contributed by atoms with Crippen LogP contribution in [0.4, 0.5) is 5.69 Å². The molecule has 0 unspecified atom stereocenters. The third-order valence-electron chi connectivity index (χ3n) is 3.33. The number of rotatable bonds is 4. The SMILES string of the molecule is Cc1cccc(-c2ccc(NC=C(C#N)c3nn[nH]n3)cc2)c1. The van der Waals surface area contributed by atoms with Gasteiger partial charge in [-0.05, 0) is 35.4 Å². The van der Waals surface area contributed by atoms with Gasteiger partial charge in [0, 0.05) is 11.9 Å². The number of hydrogen-bond donors (Lipinski definition) is 2. The lowest BCUT2D eigenvalue weighted by molar-refractivity contribution is 0.881. The van der Waals surface area contributed by atoms with Gasteiger partial charge in [0.1, 0.15) is 11.6 Å². The molecule has 0 saturated heterocycles. The van der Waals surface area contributed by atoms with Crippen LogP contribution in [-0.2, 0) is 0 Å². The second-order valence-electron chi connectivity index (χ2n) is 5.00. The van der Waals surface area contributed by atoms with Gasteiger partial charge in [0.15, 0.2) is 0 Å². The molecule has 112 valence electrons. The normalized spacial score (nSPS) is 11.0. The highest BCUT2D eigenvalue weighted by Crippen LogP contribution is 2.22. The van der Waals surface area contributed by atoms with Gasteiger partial charge in [-0.15, -0.1) is 10.2 Å². The molecule has 3 aromatic rings. The van der Waals surface area contributed by atoms with Crippen LogP contribution in [0.25, 0.3) is 16.7 Å². The third kappa shape index (κ3) is 3.41. The number of aromatic amines is 1. The maximum Gasteiger partial charge on any atom is 0.216 e. The molecule has 0 fully saturated rings. The zero-order chi connectivity index (χ0) is 16.1. The van der Waals surface area contributed by atoms with Crippen molar-refractivity contribution in [2.45, 2.75) is 6.92 Å². The van der Waals surface area contributed by atoms with Crippen molar-refractivity contribution in [1.82, 2.24) is 20.6 Å². The van der Waals surface area contributed by atoms with E-state index < -0.39 is 0 Å². The van der Waals surface area contributed by atoms with Crippen molar-refractivity contribution in [3.63, 3.8) is 0 Å². The van der Waals surface area contributed by atoms with Crippen LogP contribution in [0, 0.1) is 18.3 Å². The minimum atomic E-state index is 0.261. The van der Waals surface area contributed by atoms with Gasteiger partial charge in [0.05, 0.1) is 0 Å². The standard InChI is InChI=1S/C17H14N6/c1-12-3-2-4-14(9-12)13-5-7-16(8-6-13)19-11-15(10-18)17-20-22-23-21-17/h2-9,11,19H,1H3,(H,20,21,22,23). The number of nitrogens with one attached hydrogen (secondary N) is 2. The zero-order valence-corrected chi connectivity index (χ0v) is 12.5. The van der Waals surface area contributed by atoms with Crippen LogP contribution < -0.4 is 5.32 Å². The molecular weight excluding hydrogens is 288 g/mol. The van der Waals surface area contributed by atoms with Crippen LogP contribution in [0.5, 0.6) is 0 Å². The number of anilines is 1. The van der Waals surface area contributed by atoms with E-state index in [1.807, 2.05) is 36.4 Å². The molecular formula is C17H14N6. The first-order valence-electron chi connectivity index (χ1n) is 7.04. The zero-order valence-electron chi connectivity index (χ0n) is 12.5. The molecule has 1 aromatic heterocycles. The molecule has 0 aliphatic carbocycles. The monoisotopic (exact) mass is 302 g/mol. The first kappa shape index (κ1) is 14.5. The summed E-state index contributed by atoms with van der Waals surface area (Å²) >= 11 is 0. The van der Waals surface area contributed by atoms with Crippen molar-refractivity contribution in [2.75, 3.05) is 5.32 Å². The molecule has 0 aliphatic rings. The summed E-state index contributed by atoms with van der Waals surface area (Å²) in [5, 5.41) is 25.5. The van der Waals surface area contributed by atoms with Crippen molar-refractivity contribution in [1.29, 1.82) is 5.26 Å². The van der Waals surface area contributed by atoms with E-state index >= 15 is 0 Å². The topological polar surface area (TPSA) is 90.3 Å². The first-order chi connectivity index (χ1) is 11.3. The lowest BCUT2D eigenvalue weighted by atomic mass is 10.0. The van der Waals surface area contributed by atoms with E-state index in [2.05, 4.69) is 51.1 Å². The molecule has 0 aliphatic heterocycles. The highest BCUT2D eigenvalue weighted by molar-refractivity contribution is 5.74. The van der Waals surface area contributed by atoms with Crippen LogP contribution >= 0.6 is 0 Å². The van der Waals surface area contributed by atoms with E-state index in [1.54, 1.807) is 6.20 Å². The second kappa shape index (κ2) is 6.54. The summed E-state index contributed by atoms with van der Waals surface area (Å²) < 4.78 is 0. The summed E-state index contributed by atoms with van der Waals surface area (Å²) in [6, 6.07) is 18.4. The van der Waals surface area contributed by atoms with Gasteiger partial charge < -0.3 is 5.32 Å². The number of tetrazole rings is 1. The summed E-state index contributed by atoms with van der Waals surface area (Å²) in [4.78, 5) is 0. The summed E-state index contributed by atoms with van der Waals surface area (Å²) in [7, 11) is 0. The lowest BCUT2D eigenvalue weighted by Gasteiger charge is -2.05. The Morgan fingerprint density at radius 2 is 2.00 bits per heavy atom. The van der Waals surface area contributed by atoms with Crippen molar-refractivity contribution in [3.05, 3.63) is 66.1 Å². The number of nitrogens with zero attached hydrogens (tertiary/aromatic N) is 4. The molecule has 0 atom stereocenters. The van der Waals surface area contributed by atoms with Gasteiger partial charge in [0.25, 0.3) is 0 Å². The number of hydrogen-bond acceptors (Lipinski definition) is 5. The van der Waals surface area contributed by atoms with Gasteiger partial charge in [-0.1, -0.05) is 42.0 Å². The van der Waals surface area contributed by atoms with Crippen molar-refractivity contribution < 1.29 is 0 Å². The molecule has 2 aromatic carbocycles. The molecule has 2 N–H and O–H groups in total. The van der Waals surface area contributed by atoms with Gasteiger partial charge in [-0.3, -0.25) is 0 Å². The number of allylic oxidation sites excluding steroid dienone is 1. The minimum absolute atomic E-state index is 0.261. The first-order valence-corrected chi connectivity index (χ1v) is 7.04. The van der Waals surface area contributed by atoms with Gasteiger partial charge in [0.2, 0.25) is 5.82 Å². The fourth-order valence-electron chi connectivity index (χ4n) is 2.16. The smallest absolute Gasteiger partial charge is 0.216 e. The average Bonchev–Trinajstić information content (AvgIpc) is 3.10. The number of aromatic nitrogens is 4. The molecule has 0 spiro atoms. The lowest BCUT2D eigenvalue weighted by Crippen LogP contribution is -1.93. The molecule has 3 rings (SSSR count). The Hall–Kier alpha value is -3.46. The summed E-state index contributed by atoms with van der Waals surface area (Å²) in [5.41, 5.74) is 4.73. The van der Waals surface area contributed by atoms with Crippen LogP contribution in [0.1, 0.15) is 11.4 Å². The molecule has 6 nitrogen and oxygen atoms in total. The Balaban J connectivity index is 1.77. The number of H-pyrrole nitrogens is 1. The quantitative estimate of drug-likeness (QED) is 0.722. The maximum atomic E-state index is 9.11. The van der Waals surface area contributed by atoms with Crippen molar-refractivity contribution in [3.8, 4) is 17.2 Å². The van der Waals surface area contributed by atoms with E-state index in [4.69, 9.17) is 5.26 Å². The van der Waals surface area contributed by atoms with Gasteiger partial charge in [-0.25, -0.2) is 0 Å². The van der Waals surface area contributed by atoms with Gasteiger partial charge >= 0.3 is 0 Å². The van der Waals surface area contributed by atoms with E-state index in [0.29, 0.717) is 5.57 Å². The summed E-state index contributed by atoms with van der Waals surface area (Å²) in [6.07, 6.45) is 1.56. The fraction of sp³-hybridized carbons (Fsp3) is 0.0588. The fourth-order valence-corrected chi connectivity index (χ4v) is 2.16. The Kier molecular flexibility index (Phi) is 4.11. The third-order valence-corrected chi connectivity index (χ3v) is 3.33. The largest absolute Gasteiger partial charge is 0.360 e. The van der Waals surface area contributed by atoms with Crippen LogP contribution in [0.2, 0.25) is 0 Å². The second-order valence-corrected chi connectivity index (χ2v) is 5.00. The molecule has 0 amide bonds. The molecule has 0 saturated carbocycles. The predicted molar refractivity (Wildman–Crippen MR) is 88.0 cm³/mol. The molecule has 0 radical (unpaired) electrons. The van der Waals surface area contributed by atoms with Crippen LogP contribution in [-0.4, -0.2) is 20.6 Å². The number of nitriles is 1.